The number of aryl methyl sites for hydroxylation is 1. The van der Waals surface area contributed by atoms with Crippen LogP contribution in [0.4, 0.5) is 4.39 Å². The molecule has 1 fully saturated rings. The number of carbonyl (C=O) groups is 1. The van der Waals surface area contributed by atoms with Crippen molar-refractivity contribution in [3.63, 3.8) is 0 Å². The zero-order valence-corrected chi connectivity index (χ0v) is 19.7. The van der Waals surface area contributed by atoms with E-state index in [-0.39, 0.29) is 11.7 Å². The molecule has 33 heavy (non-hydrogen) atoms. The smallest absolute Gasteiger partial charge is 0.220 e. The standard InChI is InChI=1S/C28H36FN3O/c1-2-24-11-7-8-18-31(24)19-9-17-30-28(33)16-15-22-20-32(27-14-6-4-12-25(22)27)21-23-10-3-5-13-26(23)29/h3-6,10,12-14,20,24H,2,7-9,11,15-19,21H2,1H3,(H,30,33)/t24-/m0/s1. The van der Waals surface area contributed by atoms with Gasteiger partial charge in [0.1, 0.15) is 5.82 Å². The molecule has 1 saturated heterocycles. The Morgan fingerprint density at radius 3 is 2.76 bits per heavy atom. The molecule has 1 aliphatic rings. The van der Waals surface area contributed by atoms with E-state index in [1.807, 2.05) is 24.3 Å². The quantitative estimate of drug-likeness (QED) is 0.413. The number of halogens is 1. The molecule has 2 aromatic carbocycles. The van der Waals surface area contributed by atoms with Crippen molar-refractivity contribution in [2.45, 2.75) is 64.5 Å². The lowest BCUT2D eigenvalue weighted by Gasteiger charge is -2.35. The van der Waals surface area contributed by atoms with Crippen LogP contribution in [0, 0.1) is 5.82 Å². The molecule has 1 atom stereocenters. The molecular formula is C28H36FN3O. The lowest BCUT2D eigenvalue weighted by Crippen LogP contribution is -2.40. The molecular weight excluding hydrogens is 413 g/mol. The molecule has 0 radical (unpaired) electrons. The molecule has 0 unspecified atom stereocenters. The zero-order valence-electron chi connectivity index (χ0n) is 19.7. The molecule has 4 rings (SSSR count). The highest BCUT2D eigenvalue weighted by Gasteiger charge is 2.20. The van der Waals surface area contributed by atoms with Crippen molar-refractivity contribution in [1.82, 2.24) is 14.8 Å². The van der Waals surface area contributed by atoms with Crippen molar-refractivity contribution in [3.8, 4) is 0 Å². The third kappa shape index (κ3) is 6.02. The summed E-state index contributed by atoms with van der Waals surface area (Å²) in [5.74, 6) is -0.0855. The molecule has 0 saturated carbocycles. The Morgan fingerprint density at radius 1 is 1.09 bits per heavy atom. The Bertz CT molecular complexity index is 1060. The molecule has 4 nitrogen and oxygen atoms in total. The van der Waals surface area contributed by atoms with E-state index >= 15 is 0 Å². The van der Waals surface area contributed by atoms with Gasteiger partial charge in [0.05, 0.1) is 6.54 Å². The second-order valence-electron chi connectivity index (χ2n) is 9.19. The number of rotatable bonds is 10. The van der Waals surface area contributed by atoms with Crippen LogP contribution >= 0.6 is 0 Å². The number of benzene rings is 2. The van der Waals surface area contributed by atoms with Crippen LogP contribution in [0.2, 0.25) is 0 Å². The Kier molecular flexibility index (Phi) is 8.16. The van der Waals surface area contributed by atoms with E-state index in [1.165, 1.54) is 38.3 Å². The molecule has 5 heteroatoms. The fourth-order valence-electron chi connectivity index (χ4n) is 5.13. The van der Waals surface area contributed by atoms with Gasteiger partial charge in [0.2, 0.25) is 5.91 Å². The molecule has 0 spiro atoms. The van der Waals surface area contributed by atoms with E-state index in [9.17, 15) is 9.18 Å². The number of hydrogen-bond acceptors (Lipinski definition) is 2. The lowest BCUT2D eigenvalue weighted by molar-refractivity contribution is -0.121. The maximum Gasteiger partial charge on any atom is 0.220 e. The summed E-state index contributed by atoms with van der Waals surface area (Å²) in [5.41, 5.74) is 2.88. The molecule has 3 aromatic rings. The van der Waals surface area contributed by atoms with E-state index in [0.717, 1.165) is 42.0 Å². The number of nitrogens with one attached hydrogen (secondary N) is 1. The van der Waals surface area contributed by atoms with Gasteiger partial charge in [-0.05, 0) is 56.3 Å². The van der Waals surface area contributed by atoms with Gasteiger partial charge in [-0.1, -0.05) is 49.7 Å². The predicted octanol–water partition coefficient (Wildman–Crippen LogP) is 5.53. The van der Waals surface area contributed by atoms with Crippen molar-refractivity contribution in [2.75, 3.05) is 19.6 Å². The number of aromatic nitrogens is 1. The summed E-state index contributed by atoms with van der Waals surface area (Å²) >= 11 is 0. The third-order valence-corrected chi connectivity index (χ3v) is 6.96. The first kappa shape index (κ1) is 23.5. The van der Waals surface area contributed by atoms with Crippen LogP contribution in [0.5, 0.6) is 0 Å². The number of nitrogens with zero attached hydrogens (tertiary/aromatic N) is 2. The highest BCUT2D eigenvalue weighted by molar-refractivity contribution is 5.85. The van der Waals surface area contributed by atoms with Crippen LogP contribution in [-0.2, 0) is 17.8 Å². The van der Waals surface area contributed by atoms with Gasteiger partial charge in [-0.2, -0.15) is 0 Å². The SMILES string of the molecule is CC[C@H]1CCCCN1CCCNC(=O)CCc1cn(Cc2ccccc2F)c2ccccc12. The van der Waals surface area contributed by atoms with Crippen LogP contribution in [0.25, 0.3) is 10.9 Å². The van der Waals surface area contributed by atoms with Gasteiger partial charge in [0.15, 0.2) is 0 Å². The lowest BCUT2D eigenvalue weighted by atomic mass is 10.00. The van der Waals surface area contributed by atoms with Gasteiger partial charge in [0, 0.05) is 48.2 Å². The van der Waals surface area contributed by atoms with E-state index in [2.05, 4.69) is 40.0 Å². The van der Waals surface area contributed by atoms with Crippen LogP contribution < -0.4 is 5.32 Å². The second kappa shape index (κ2) is 11.5. The number of hydrogen-bond donors (Lipinski definition) is 1. The minimum atomic E-state index is -0.189. The van der Waals surface area contributed by atoms with Crippen LogP contribution in [0.15, 0.2) is 54.7 Å². The highest BCUT2D eigenvalue weighted by atomic mass is 19.1. The maximum absolute atomic E-state index is 14.2. The monoisotopic (exact) mass is 449 g/mol. The average Bonchev–Trinajstić information content (AvgIpc) is 3.19. The number of para-hydroxylation sites is 1. The fraction of sp³-hybridized carbons (Fsp3) is 0.464. The molecule has 1 amide bonds. The van der Waals surface area contributed by atoms with Gasteiger partial charge in [-0.3, -0.25) is 4.79 Å². The van der Waals surface area contributed by atoms with Gasteiger partial charge in [0.25, 0.3) is 0 Å². The van der Waals surface area contributed by atoms with Crippen LogP contribution in [0.3, 0.4) is 0 Å². The molecule has 0 aliphatic carbocycles. The fourth-order valence-corrected chi connectivity index (χ4v) is 5.13. The van der Waals surface area contributed by atoms with Crippen molar-refractivity contribution < 1.29 is 9.18 Å². The minimum absolute atomic E-state index is 0.103. The van der Waals surface area contributed by atoms with E-state index in [4.69, 9.17) is 0 Å². The minimum Gasteiger partial charge on any atom is -0.356 e. The van der Waals surface area contributed by atoms with Gasteiger partial charge >= 0.3 is 0 Å². The summed E-state index contributed by atoms with van der Waals surface area (Å²) in [7, 11) is 0. The summed E-state index contributed by atoms with van der Waals surface area (Å²) in [4.78, 5) is 15.1. The molecule has 1 N–H and O–H groups in total. The van der Waals surface area contributed by atoms with Gasteiger partial charge in [-0.15, -0.1) is 0 Å². The van der Waals surface area contributed by atoms with Crippen molar-refractivity contribution in [2.24, 2.45) is 0 Å². The van der Waals surface area contributed by atoms with Crippen LogP contribution in [-0.4, -0.2) is 41.1 Å². The van der Waals surface area contributed by atoms with Crippen molar-refractivity contribution in [1.29, 1.82) is 0 Å². The number of fused-ring (bicyclic) bond motifs is 1. The number of likely N-dealkylation sites (tertiary alicyclic amines) is 1. The first-order valence-electron chi connectivity index (χ1n) is 12.5. The molecule has 1 aliphatic heterocycles. The first-order valence-corrected chi connectivity index (χ1v) is 12.5. The van der Waals surface area contributed by atoms with Crippen molar-refractivity contribution in [3.05, 3.63) is 71.7 Å². The second-order valence-corrected chi connectivity index (χ2v) is 9.19. The largest absolute Gasteiger partial charge is 0.356 e. The van der Waals surface area contributed by atoms with E-state index in [0.29, 0.717) is 24.9 Å². The number of piperidine rings is 1. The normalized spacial score (nSPS) is 16.8. The third-order valence-electron chi connectivity index (χ3n) is 6.96. The van der Waals surface area contributed by atoms with E-state index < -0.39 is 0 Å². The molecule has 1 aromatic heterocycles. The Labute approximate surface area is 196 Å². The Balaban J connectivity index is 1.30. The highest BCUT2D eigenvalue weighted by Crippen LogP contribution is 2.24. The van der Waals surface area contributed by atoms with Gasteiger partial charge in [-0.25, -0.2) is 4.39 Å². The van der Waals surface area contributed by atoms with Crippen molar-refractivity contribution >= 4 is 16.8 Å². The summed E-state index contributed by atoms with van der Waals surface area (Å²) in [6.45, 7) is 5.76. The summed E-state index contributed by atoms with van der Waals surface area (Å²) in [5, 5.41) is 4.24. The number of carbonyl (C=O) groups excluding carboxylic acids is 1. The molecule has 2 heterocycles. The maximum atomic E-state index is 14.2. The summed E-state index contributed by atoms with van der Waals surface area (Å²) in [6, 6.07) is 15.8. The summed E-state index contributed by atoms with van der Waals surface area (Å²) < 4.78 is 16.3. The Morgan fingerprint density at radius 2 is 1.91 bits per heavy atom. The summed E-state index contributed by atoms with van der Waals surface area (Å²) in [6.07, 6.45) is 9.41. The zero-order chi connectivity index (χ0) is 23.0. The van der Waals surface area contributed by atoms with E-state index in [1.54, 1.807) is 6.07 Å². The molecule has 176 valence electrons. The Hall–Kier alpha value is -2.66. The number of amides is 1. The average molecular weight is 450 g/mol. The first-order chi connectivity index (χ1) is 16.2. The topological polar surface area (TPSA) is 37.3 Å². The van der Waals surface area contributed by atoms with Crippen LogP contribution in [0.1, 0.15) is 56.6 Å². The predicted molar refractivity (Wildman–Crippen MR) is 133 cm³/mol. The molecule has 0 bridgehead atoms. The van der Waals surface area contributed by atoms with Gasteiger partial charge < -0.3 is 14.8 Å².